The molecule has 0 radical (unpaired) electrons. The first-order chi connectivity index (χ1) is 17.9. The number of amides is 1. The molecule has 1 aromatic carbocycles. The summed E-state index contributed by atoms with van der Waals surface area (Å²) >= 11 is 0. The van der Waals surface area contributed by atoms with Gasteiger partial charge in [0, 0.05) is 24.7 Å². The molecule has 0 saturated heterocycles. The van der Waals surface area contributed by atoms with E-state index in [-0.39, 0.29) is 16.2 Å². The molecule has 208 valence electrons. The zero-order chi connectivity index (χ0) is 27.0. The highest BCUT2D eigenvalue weighted by Crippen LogP contribution is 2.30. The second kappa shape index (κ2) is 17.4. The Morgan fingerprint density at radius 3 is 1.70 bits per heavy atom. The third-order valence-electron chi connectivity index (χ3n) is 7.40. The van der Waals surface area contributed by atoms with Crippen LogP contribution in [0.1, 0.15) is 121 Å². The highest BCUT2D eigenvalue weighted by Gasteiger charge is 2.36. The van der Waals surface area contributed by atoms with Crippen molar-refractivity contribution in [3.05, 3.63) is 41.0 Å². The summed E-state index contributed by atoms with van der Waals surface area (Å²) in [4.78, 5) is 14.6. The predicted octanol–water partition coefficient (Wildman–Crippen LogP) is 6.42. The van der Waals surface area contributed by atoms with E-state index in [1.165, 1.54) is 88.4 Å². The van der Waals surface area contributed by atoms with E-state index in [2.05, 4.69) is 6.92 Å². The zero-order valence-corrected chi connectivity index (χ0v) is 23.8. The van der Waals surface area contributed by atoms with Crippen molar-refractivity contribution in [1.29, 1.82) is 0 Å². The number of aliphatic hydroxyl groups excluding tert-OH is 1. The van der Waals surface area contributed by atoms with Crippen LogP contribution in [0.3, 0.4) is 0 Å². The molecule has 3 N–H and O–H groups in total. The molecule has 0 fully saturated rings. The number of unbranched alkanes of at least 4 members (excludes halogenated alkanes) is 15. The fourth-order valence-electron chi connectivity index (χ4n) is 5.13. The molecule has 37 heavy (non-hydrogen) atoms. The number of rotatable bonds is 18. The highest BCUT2D eigenvalue weighted by atomic mass is 32.2. The summed E-state index contributed by atoms with van der Waals surface area (Å²) in [5.41, 5.74) is 6.77. The molecule has 7 heteroatoms. The van der Waals surface area contributed by atoms with E-state index in [1.54, 1.807) is 31.3 Å². The average molecular weight is 533 g/mol. The zero-order valence-electron chi connectivity index (χ0n) is 23.0. The lowest BCUT2D eigenvalue weighted by Crippen LogP contribution is -2.44. The maximum atomic E-state index is 13.1. The van der Waals surface area contributed by atoms with Crippen LogP contribution in [0.15, 0.2) is 29.8 Å². The van der Waals surface area contributed by atoms with Crippen LogP contribution in [-0.2, 0) is 15.1 Å². The number of hydrogen-bond acceptors (Lipinski definition) is 5. The maximum absolute atomic E-state index is 13.1. The molecule has 1 atom stereocenters. The smallest absolute Gasteiger partial charge is 0.255 e. The van der Waals surface area contributed by atoms with E-state index in [9.17, 15) is 18.3 Å². The van der Waals surface area contributed by atoms with Crippen LogP contribution in [0.5, 0.6) is 0 Å². The van der Waals surface area contributed by atoms with Gasteiger partial charge in [-0.05, 0) is 6.42 Å². The molecule has 1 aromatic rings. The van der Waals surface area contributed by atoms with Crippen LogP contribution in [-0.4, -0.2) is 48.8 Å². The Bertz CT molecular complexity index is 1010. The molecule has 1 aliphatic carbocycles. The number of aliphatic hydroxyl groups is 1. The normalized spacial score (nSPS) is 15.1. The first kappa shape index (κ1) is 31.1. The summed E-state index contributed by atoms with van der Waals surface area (Å²) in [6.45, 7) is 2.80. The van der Waals surface area contributed by atoms with Crippen molar-refractivity contribution in [2.45, 2.75) is 116 Å². The number of hydrogen-bond donors (Lipinski definition) is 2. The Morgan fingerprint density at radius 2 is 1.24 bits per heavy atom. The van der Waals surface area contributed by atoms with E-state index < -0.39 is 22.2 Å². The van der Waals surface area contributed by atoms with Gasteiger partial charge in [-0.1, -0.05) is 128 Å². The molecule has 0 bridgehead atoms. The van der Waals surface area contributed by atoms with Gasteiger partial charge in [-0.15, -0.1) is 0 Å². The number of likely N-dealkylation sites (N-methyl/N-ethyl adjacent to an activating group) is 1. The largest absolute Gasteiger partial charge is 0.507 e. The van der Waals surface area contributed by atoms with Crippen LogP contribution in [0.25, 0.3) is 5.76 Å². The van der Waals surface area contributed by atoms with Crippen molar-refractivity contribution in [3.63, 3.8) is 0 Å². The monoisotopic (exact) mass is 532 g/mol. The number of nitrogens with two attached hydrogens (primary N) is 1. The minimum atomic E-state index is -2.60. The van der Waals surface area contributed by atoms with Gasteiger partial charge < -0.3 is 15.7 Å². The predicted molar refractivity (Wildman–Crippen MR) is 154 cm³/mol. The van der Waals surface area contributed by atoms with Gasteiger partial charge in [-0.3, -0.25) is 4.79 Å². The second-order valence-corrected chi connectivity index (χ2v) is 11.3. The quantitative estimate of drug-likeness (QED) is 0.168. The molecule has 1 aliphatic rings. The number of nitrogens with zero attached hydrogens (tertiary/aromatic N) is 1. The van der Waals surface area contributed by atoms with E-state index in [1.807, 2.05) is 0 Å². The first-order valence-electron chi connectivity index (χ1n) is 14.4. The molecule has 1 unspecified atom stereocenters. The Morgan fingerprint density at radius 1 is 0.811 bits per heavy atom. The van der Waals surface area contributed by atoms with Crippen molar-refractivity contribution in [1.82, 2.24) is 4.90 Å². The second-order valence-electron chi connectivity index (χ2n) is 10.4. The molecule has 0 spiro atoms. The third-order valence-corrected chi connectivity index (χ3v) is 8.23. The summed E-state index contributed by atoms with van der Waals surface area (Å²) in [5, 5.41) is 10.8. The molecule has 2 rings (SSSR count). The summed E-state index contributed by atoms with van der Waals surface area (Å²) in [6, 6.07) is 5.39. The van der Waals surface area contributed by atoms with Gasteiger partial charge in [0.05, 0.1) is 11.6 Å². The number of benzene rings is 1. The van der Waals surface area contributed by atoms with Gasteiger partial charge in [0.15, 0.2) is 0 Å². The number of fused-ring (bicyclic) bond motifs is 1. The average Bonchev–Trinajstić information content (AvgIpc) is 2.88. The molecular weight excluding hydrogens is 484 g/mol. The SMILES string of the molecule is CCCCCCCCCCCCCCCCCCN(C)C(=O)C1=C(O)c2ccccc2C(=S(=O)=O)C1N. The standard InChI is InChI=1S/C30H48N2O4S/c1-3-4-5-6-7-8-9-10-11-12-13-14-15-16-17-20-23-32(2)30(34)26-27(31)29(37(35)36)25-22-19-18-21-24(25)28(26)33/h18-19,21-22,27,33H,3-17,20,23,31H2,1-2H3. The lowest BCUT2D eigenvalue weighted by atomic mass is 9.86. The van der Waals surface area contributed by atoms with E-state index >= 15 is 0 Å². The van der Waals surface area contributed by atoms with Gasteiger partial charge in [0.2, 0.25) is 10.3 Å². The van der Waals surface area contributed by atoms with Crippen molar-refractivity contribution in [2.75, 3.05) is 13.6 Å². The topological polar surface area (TPSA) is 101 Å². The molecule has 0 aliphatic heterocycles. The van der Waals surface area contributed by atoms with Crippen LogP contribution in [0.2, 0.25) is 0 Å². The Hall–Kier alpha value is -2.12. The molecule has 1 amide bonds. The summed E-state index contributed by atoms with van der Waals surface area (Å²) in [7, 11) is -0.924. The van der Waals surface area contributed by atoms with Gasteiger partial charge in [-0.2, -0.15) is 8.42 Å². The lowest BCUT2D eigenvalue weighted by molar-refractivity contribution is -0.126. The van der Waals surface area contributed by atoms with Crippen molar-refractivity contribution in [2.24, 2.45) is 5.73 Å². The Balaban J connectivity index is 1.63. The van der Waals surface area contributed by atoms with E-state index in [4.69, 9.17) is 5.73 Å². The first-order valence-corrected chi connectivity index (χ1v) is 15.5. The van der Waals surface area contributed by atoms with Crippen molar-refractivity contribution < 1.29 is 18.3 Å². The molecule has 0 aromatic heterocycles. The summed E-state index contributed by atoms with van der Waals surface area (Å²) in [6.07, 6.45) is 20.6. The van der Waals surface area contributed by atoms with Crippen LogP contribution in [0, 0.1) is 0 Å². The highest BCUT2D eigenvalue weighted by molar-refractivity contribution is 7.73. The minimum absolute atomic E-state index is 0.0584. The number of carbonyl (C=O) groups excluding carboxylic acids is 1. The molecule has 0 saturated carbocycles. The van der Waals surface area contributed by atoms with Gasteiger partial charge in [0.25, 0.3) is 5.91 Å². The van der Waals surface area contributed by atoms with E-state index in [0.29, 0.717) is 17.7 Å². The third kappa shape index (κ3) is 9.93. The minimum Gasteiger partial charge on any atom is -0.507 e. The fourth-order valence-corrected chi connectivity index (χ4v) is 5.81. The molecular formula is C30H48N2O4S. The van der Waals surface area contributed by atoms with Gasteiger partial charge >= 0.3 is 0 Å². The Labute approximate surface area is 225 Å². The fraction of sp³-hybridized carbons (Fsp3) is 0.667. The summed E-state index contributed by atoms with van der Waals surface area (Å²) < 4.78 is 23.7. The molecule has 6 nitrogen and oxygen atoms in total. The Kier molecular flexibility index (Phi) is 14.6. The van der Waals surface area contributed by atoms with Gasteiger partial charge in [0.1, 0.15) is 10.6 Å². The van der Waals surface area contributed by atoms with Crippen LogP contribution < -0.4 is 5.73 Å². The number of carbonyl (C=O) groups is 1. The maximum Gasteiger partial charge on any atom is 0.255 e. The summed E-state index contributed by atoms with van der Waals surface area (Å²) in [5.74, 6) is -0.662. The lowest BCUT2D eigenvalue weighted by Gasteiger charge is -2.28. The van der Waals surface area contributed by atoms with Crippen molar-refractivity contribution in [3.8, 4) is 0 Å². The van der Waals surface area contributed by atoms with Crippen LogP contribution >= 0.6 is 0 Å². The van der Waals surface area contributed by atoms with Crippen LogP contribution in [0.4, 0.5) is 0 Å². The van der Waals surface area contributed by atoms with E-state index in [0.717, 1.165) is 19.3 Å². The molecule has 0 heterocycles. The van der Waals surface area contributed by atoms with Gasteiger partial charge in [-0.25, -0.2) is 0 Å². The van der Waals surface area contributed by atoms with Crippen molar-refractivity contribution >= 4 is 26.8 Å².